The number of hydrogen-bond donors (Lipinski definition) is 0. The van der Waals surface area contributed by atoms with Crippen LogP contribution in [-0.2, 0) is 43.1 Å². The van der Waals surface area contributed by atoms with E-state index in [9.17, 15) is 13.2 Å². The van der Waals surface area contributed by atoms with E-state index < -0.39 is 22.2 Å². The fourth-order valence-corrected chi connectivity index (χ4v) is 4.64. The first-order valence-electron chi connectivity index (χ1n) is 11.7. The van der Waals surface area contributed by atoms with Gasteiger partial charge in [-0.25, -0.2) is 4.79 Å². The molecule has 1 unspecified atom stereocenters. The van der Waals surface area contributed by atoms with Gasteiger partial charge < -0.3 is 9.47 Å². The van der Waals surface area contributed by atoms with Crippen LogP contribution in [0, 0.1) is 6.92 Å². The second kappa shape index (κ2) is 12.5. The van der Waals surface area contributed by atoms with Gasteiger partial charge in [-0.15, -0.1) is 0 Å². The zero-order chi connectivity index (χ0) is 25.3. The molecule has 0 amide bonds. The van der Waals surface area contributed by atoms with Crippen molar-refractivity contribution < 1.29 is 26.9 Å². The van der Waals surface area contributed by atoms with Crippen molar-refractivity contribution in [1.82, 2.24) is 0 Å². The van der Waals surface area contributed by atoms with Crippen LogP contribution in [0.25, 0.3) is 0 Å². The van der Waals surface area contributed by atoms with Crippen molar-refractivity contribution in [1.29, 1.82) is 0 Å². The summed E-state index contributed by atoms with van der Waals surface area (Å²) in [4.78, 5) is 12.2. The van der Waals surface area contributed by atoms with Crippen molar-refractivity contribution in [3.8, 4) is 5.75 Å². The Hall–Kier alpha value is -3.16. The molecule has 7 heteroatoms. The molecule has 0 radical (unpaired) electrons. The number of hydrogen-bond acceptors (Lipinski definition) is 6. The Bertz CT molecular complexity index is 1200. The first-order chi connectivity index (χ1) is 16.8. The molecule has 0 aliphatic rings. The molecule has 0 spiro atoms. The maximum Gasteiger partial charge on any atom is 0.336 e. The number of methoxy groups -OCH3 is 1. The average Bonchev–Trinajstić information content (AvgIpc) is 2.87. The summed E-state index contributed by atoms with van der Waals surface area (Å²) < 4.78 is 41.2. The molecule has 0 N–H and O–H groups in total. The van der Waals surface area contributed by atoms with Crippen LogP contribution in [0.5, 0.6) is 5.75 Å². The highest BCUT2D eigenvalue weighted by molar-refractivity contribution is 7.86. The zero-order valence-corrected chi connectivity index (χ0v) is 21.2. The Kier molecular flexibility index (Phi) is 9.46. The number of ether oxygens (including phenoxy) is 2. The first-order valence-corrected chi connectivity index (χ1v) is 13.1. The third kappa shape index (κ3) is 7.94. The third-order valence-corrected chi connectivity index (χ3v) is 6.97. The molecule has 0 saturated carbocycles. The summed E-state index contributed by atoms with van der Waals surface area (Å²) in [6.07, 6.45) is 1.61. The van der Waals surface area contributed by atoms with E-state index in [2.05, 4.69) is 31.2 Å². The molecule has 0 aliphatic heterocycles. The molecule has 1 atom stereocenters. The molecule has 0 bridgehead atoms. The van der Waals surface area contributed by atoms with E-state index in [4.69, 9.17) is 13.7 Å². The van der Waals surface area contributed by atoms with Gasteiger partial charge >= 0.3 is 5.97 Å². The van der Waals surface area contributed by atoms with Crippen molar-refractivity contribution in [2.24, 2.45) is 0 Å². The molecule has 3 aromatic rings. The Morgan fingerprint density at radius 1 is 0.914 bits per heavy atom. The molecule has 0 heterocycles. The van der Waals surface area contributed by atoms with Crippen LogP contribution < -0.4 is 4.74 Å². The van der Waals surface area contributed by atoms with Crippen LogP contribution in [0.4, 0.5) is 0 Å². The van der Waals surface area contributed by atoms with Gasteiger partial charge in [0.2, 0.25) is 0 Å². The van der Waals surface area contributed by atoms with Crippen LogP contribution in [-0.4, -0.2) is 34.2 Å². The van der Waals surface area contributed by atoms with Crippen LogP contribution in [0.3, 0.4) is 0 Å². The zero-order valence-electron chi connectivity index (χ0n) is 20.4. The van der Waals surface area contributed by atoms with Crippen LogP contribution >= 0.6 is 0 Å². The van der Waals surface area contributed by atoms with Crippen molar-refractivity contribution in [3.05, 3.63) is 95.1 Å². The van der Waals surface area contributed by atoms with E-state index >= 15 is 0 Å². The smallest absolute Gasteiger partial charge is 0.336 e. The van der Waals surface area contributed by atoms with Gasteiger partial charge in [0.25, 0.3) is 10.1 Å². The molecule has 0 fully saturated rings. The largest absolute Gasteiger partial charge is 0.494 e. The summed E-state index contributed by atoms with van der Waals surface area (Å²) in [5.74, 6) is -0.0490. The summed E-state index contributed by atoms with van der Waals surface area (Å²) in [5, 5.41) is 0. The predicted octanol–water partition coefficient (Wildman–Crippen LogP) is 5.06. The number of esters is 1. The van der Waals surface area contributed by atoms with E-state index in [0.717, 1.165) is 30.4 Å². The van der Waals surface area contributed by atoms with E-state index in [1.807, 2.05) is 6.92 Å². The van der Waals surface area contributed by atoms with Gasteiger partial charge in [-0.2, -0.15) is 8.42 Å². The summed E-state index contributed by atoms with van der Waals surface area (Å²) in [5.41, 5.74) is 4.28. The maximum atomic E-state index is 12.7. The Balaban J connectivity index is 1.56. The van der Waals surface area contributed by atoms with E-state index in [-0.39, 0.29) is 11.3 Å². The third-order valence-electron chi connectivity index (χ3n) is 5.64. The van der Waals surface area contributed by atoms with Gasteiger partial charge in [0.1, 0.15) is 5.75 Å². The molecule has 0 saturated heterocycles. The number of carbonyl (C=O) groups is 1. The molecule has 3 rings (SSSR count). The quantitative estimate of drug-likeness (QED) is 0.198. The first kappa shape index (κ1) is 26.4. The lowest BCUT2D eigenvalue weighted by Gasteiger charge is -2.16. The fourth-order valence-electron chi connectivity index (χ4n) is 3.61. The molecule has 3 aromatic carbocycles. The van der Waals surface area contributed by atoms with Crippen LogP contribution in [0.2, 0.25) is 0 Å². The standard InChI is InChI=1S/C28H32O6S/c1-4-22-7-5-8-23(19-22)9-6-18-33-25-14-12-24(13-15-25)20-27(28(29)32-3)34-35(30,31)26-16-10-21(2)11-17-26/h5,7-8,10-17,19,27H,4,6,9,18,20H2,1-3H3. The van der Waals surface area contributed by atoms with Crippen molar-refractivity contribution in [2.75, 3.05) is 13.7 Å². The number of aryl methyl sites for hydroxylation is 3. The normalized spacial score (nSPS) is 12.2. The predicted molar refractivity (Wildman–Crippen MR) is 135 cm³/mol. The van der Waals surface area contributed by atoms with E-state index in [0.29, 0.717) is 12.4 Å². The van der Waals surface area contributed by atoms with Crippen molar-refractivity contribution >= 4 is 16.1 Å². The fraction of sp³-hybridized carbons (Fsp3) is 0.321. The second-order valence-electron chi connectivity index (χ2n) is 8.35. The lowest BCUT2D eigenvalue weighted by atomic mass is 10.1. The van der Waals surface area contributed by atoms with Gasteiger partial charge in [-0.1, -0.05) is 61.0 Å². The minimum atomic E-state index is -4.13. The highest BCUT2D eigenvalue weighted by Gasteiger charge is 2.28. The average molecular weight is 497 g/mol. The summed E-state index contributed by atoms with van der Waals surface area (Å²) >= 11 is 0. The van der Waals surface area contributed by atoms with Crippen molar-refractivity contribution in [2.45, 2.75) is 50.5 Å². The molecule has 0 aromatic heterocycles. The molecule has 186 valence electrons. The Morgan fingerprint density at radius 3 is 2.26 bits per heavy atom. The van der Waals surface area contributed by atoms with Gasteiger partial charge in [0.05, 0.1) is 18.6 Å². The minimum Gasteiger partial charge on any atom is -0.494 e. The summed E-state index contributed by atoms with van der Waals surface area (Å²) in [6, 6.07) is 22.0. The second-order valence-corrected chi connectivity index (χ2v) is 9.92. The number of carbonyl (C=O) groups excluding carboxylic acids is 1. The van der Waals surface area contributed by atoms with Crippen LogP contribution in [0.1, 0.15) is 35.6 Å². The molecular weight excluding hydrogens is 464 g/mol. The molecule has 0 aliphatic carbocycles. The van der Waals surface area contributed by atoms with Gasteiger partial charge in [-0.3, -0.25) is 4.18 Å². The molecular formula is C28H32O6S. The van der Waals surface area contributed by atoms with Crippen molar-refractivity contribution in [3.63, 3.8) is 0 Å². The van der Waals surface area contributed by atoms with Gasteiger partial charge in [0, 0.05) is 6.42 Å². The van der Waals surface area contributed by atoms with E-state index in [1.165, 1.54) is 30.4 Å². The SMILES string of the molecule is CCc1cccc(CCCOc2ccc(CC(OS(=O)(=O)c3ccc(C)cc3)C(=O)OC)cc2)c1. The Labute approximate surface area is 208 Å². The molecule has 35 heavy (non-hydrogen) atoms. The number of rotatable bonds is 12. The van der Waals surface area contributed by atoms with E-state index in [1.54, 1.807) is 36.4 Å². The lowest BCUT2D eigenvalue weighted by molar-refractivity contribution is -0.148. The lowest BCUT2D eigenvalue weighted by Crippen LogP contribution is -2.30. The number of benzene rings is 3. The monoisotopic (exact) mass is 496 g/mol. The molecule has 6 nitrogen and oxygen atoms in total. The highest BCUT2D eigenvalue weighted by Crippen LogP contribution is 2.20. The summed E-state index contributed by atoms with van der Waals surface area (Å²) in [6.45, 7) is 4.58. The van der Waals surface area contributed by atoms with Gasteiger partial charge in [0.15, 0.2) is 6.10 Å². The van der Waals surface area contributed by atoms with Gasteiger partial charge in [-0.05, 0) is 67.1 Å². The minimum absolute atomic E-state index is 0.0119. The summed E-state index contributed by atoms with van der Waals surface area (Å²) in [7, 11) is -2.93. The Morgan fingerprint density at radius 2 is 1.60 bits per heavy atom. The van der Waals surface area contributed by atoms with Crippen LogP contribution in [0.15, 0.2) is 77.7 Å². The maximum absolute atomic E-state index is 12.7. The topological polar surface area (TPSA) is 78.9 Å². The highest BCUT2D eigenvalue weighted by atomic mass is 32.2.